The maximum Gasteiger partial charge on any atom is 0.153 e. The molecular formula is C15H25NO4S. The smallest absolute Gasteiger partial charge is 0.153 e. The first kappa shape index (κ1) is 17.9. The van der Waals surface area contributed by atoms with E-state index in [-0.39, 0.29) is 24.0 Å². The first-order valence-electron chi connectivity index (χ1n) is 7.16. The zero-order valence-electron chi connectivity index (χ0n) is 12.7. The molecular weight excluding hydrogens is 290 g/mol. The van der Waals surface area contributed by atoms with Crippen LogP contribution in [0.3, 0.4) is 0 Å². The first-order valence-corrected chi connectivity index (χ1v) is 8.98. The van der Waals surface area contributed by atoms with Crippen molar-refractivity contribution in [2.24, 2.45) is 11.7 Å². The van der Waals surface area contributed by atoms with Crippen molar-refractivity contribution in [3.63, 3.8) is 0 Å². The molecule has 0 fully saturated rings. The lowest BCUT2D eigenvalue weighted by Crippen LogP contribution is -2.29. The van der Waals surface area contributed by atoms with Crippen LogP contribution >= 0.6 is 0 Å². The van der Waals surface area contributed by atoms with Gasteiger partial charge in [-0.05, 0) is 23.6 Å². The van der Waals surface area contributed by atoms with Crippen LogP contribution < -0.4 is 10.5 Å². The molecule has 2 unspecified atom stereocenters. The second kappa shape index (κ2) is 8.36. The number of hydrogen-bond donors (Lipinski definition) is 2. The van der Waals surface area contributed by atoms with E-state index in [9.17, 15) is 13.5 Å². The molecule has 0 aromatic heterocycles. The Morgan fingerprint density at radius 2 is 1.86 bits per heavy atom. The van der Waals surface area contributed by atoms with Crippen molar-refractivity contribution in [1.82, 2.24) is 0 Å². The van der Waals surface area contributed by atoms with Crippen LogP contribution in [0.2, 0.25) is 0 Å². The molecule has 1 aromatic carbocycles. The highest BCUT2D eigenvalue weighted by Gasteiger charge is 2.20. The van der Waals surface area contributed by atoms with Gasteiger partial charge in [0.25, 0.3) is 0 Å². The van der Waals surface area contributed by atoms with E-state index in [4.69, 9.17) is 10.5 Å². The van der Waals surface area contributed by atoms with Crippen molar-refractivity contribution in [1.29, 1.82) is 0 Å². The fourth-order valence-electron chi connectivity index (χ4n) is 1.87. The van der Waals surface area contributed by atoms with Crippen LogP contribution in [0.5, 0.6) is 5.75 Å². The lowest BCUT2D eigenvalue weighted by Gasteiger charge is -2.14. The monoisotopic (exact) mass is 315 g/mol. The van der Waals surface area contributed by atoms with Gasteiger partial charge in [-0.2, -0.15) is 0 Å². The summed E-state index contributed by atoms with van der Waals surface area (Å²) in [5, 5.41) is 9.81. The Morgan fingerprint density at radius 1 is 1.24 bits per heavy atom. The van der Waals surface area contributed by atoms with E-state index in [2.05, 4.69) is 0 Å². The Morgan fingerprint density at radius 3 is 2.38 bits per heavy atom. The standard InChI is InChI=1S/C15H25NO4S/c1-3-12(2)10-21(18,19)11-14(17)9-20-15-6-4-13(8-16)5-7-15/h4-7,12,14,17H,3,8-11,16H2,1-2H3. The molecule has 6 heteroatoms. The normalized spacial score (nSPS) is 14.7. The van der Waals surface area contributed by atoms with Crippen LogP contribution in [0, 0.1) is 5.92 Å². The fraction of sp³-hybridized carbons (Fsp3) is 0.600. The molecule has 0 aliphatic carbocycles. The van der Waals surface area contributed by atoms with Crippen LogP contribution in [-0.4, -0.2) is 37.7 Å². The van der Waals surface area contributed by atoms with E-state index in [0.29, 0.717) is 12.3 Å². The second-order valence-electron chi connectivity index (χ2n) is 5.40. The first-order chi connectivity index (χ1) is 9.86. The number of sulfone groups is 1. The Balaban J connectivity index is 2.44. The molecule has 0 spiro atoms. The average Bonchev–Trinajstić information content (AvgIpc) is 2.44. The van der Waals surface area contributed by atoms with Crippen molar-refractivity contribution >= 4 is 9.84 Å². The summed E-state index contributed by atoms with van der Waals surface area (Å²) in [5.74, 6) is 0.529. The molecule has 0 saturated heterocycles. The molecule has 120 valence electrons. The SMILES string of the molecule is CCC(C)CS(=O)(=O)CC(O)COc1ccc(CN)cc1. The molecule has 21 heavy (non-hydrogen) atoms. The van der Waals surface area contributed by atoms with Gasteiger partial charge in [0.1, 0.15) is 18.5 Å². The van der Waals surface area contributed by atoms with Gasteiger partial charge >= 0.3 is 0 Å². The van der Waals surface area contributed by atoms with E-state index in [1.54, 1.807) is 12.1 Å². The number of benzene rings is 1. The Kier molecular flexibility index (Phi) is 7.14. The van der Waals surface area contributed by atoms with Gasteiger partial charge in [0.2, 0.25) is 0 Å². The summed E-state index contributed by atoms with van der Waals surface area (Å²) < 4.78 is 29.1. The number of hydrogen-bond acceptors (Lipinski definition) is 5. The molecule has 0 saturated carbocycles. The summed E-state index contributed by atoms with van der Waals surface area (Å²) in [6, 6.07) is 7.17. The molecule has 0 aliphatic rings. The van der Waals surface area contributed by atoms with Crippen LogP contribution in [0.4, 0.5) is 0 Å². The maximum atomic E-state index is 11.9. The summed E-state index contributed by atoms with van der Waals surface area (Å²) in [6.45, 7) is 4.25. The molecule has 0 bridgehead atoms. The Hall–Kier alpha value is -1.11. The number of ether oxygens (including phenoxy) is 1. The third-order valence-corrected chi connectivity index (χ3v) is 5.25. The molecule has 0 heterocycles. The summed E-state index contributed by atoms with van der Waals surface area (Å²) in [5.41, 5.74) is 6.48. The molecule has 1 aromatic rings. The van der Waals surface area contributed by atoms with Gasteiger partial charge in [-0.15, -0.1) is 0 Å². The minimum Gasteiger partial charge on any atom is -0.491 e. The minimum atomic E-state index is -3.25. The Labute approximate surface area is 127 Å². The summed E-state index contributed by atoms with van der Waals surface area (Å²) in [4.78, 5) is 0. The highest BCUT2D eigenvalue weighted by Crippen LogP contribution is 2.13. The summed E-state index contributed by atoms with van der Waals surface area (Å²) >= 11 is 0. The van der Waals surface area contributed by atoms with Gasteiger partial charge in [0.15, 0.2) is 9.84 Å². The van der Waals surface area contributed by atoms with Gasteiger partial charge in [-0.1, -0.05) is 32.4 Å². The molecule has 0 radical (unpaired) electrons. The number of rotatable bonds is 9. The van der Waals surface area contributed by atoms with Crippen molar-refractivity contribution in [2.45, 2.75) is 32.9 Å². The number of nitrogens with two attached hydrogens (primary N) is 1. The van der Waals surface area contributed by atoms with Crippen molar-refractivity contribution < 1.29 is 18.3 Å². The van der Waals surface area contributed by atoms with Crippen molar-refractivity contribution in [3.8, 4) is 5.75 Å². The van der Waals surface area contributed by atoms with Crippen LogP contribution in [0.1, 0.15) is 25.8 Å². The van der Waals surface area contributed by atoms with Gasteiger partial charge < -0.3 is 15.6 Å². The number of aliphatic hydroxyl groups is 1. The lowest BCUT2D eigenvalue weighted by atomic mass is 10.2. The van der Waals surface area contributed by atoms with E-state index in [1.807, 2.05) is 26.0 Å². The van der Waals surface area contributed by atoms with E-state index < -0.39 is 15.9 Å². The van der Waals surface area contributed by atoms with Crippen LogP contribution in [-0.2, 0) is 16.4 Å². The van der Waals surface area contributed by atoms with Gasteiger partial charge in [0, 0.05) is 6.54 Å². The third-order valence-electron chi connectivity index (χ3n) is 3.28. The molecule has 2 atom stereocenters. The third kappa shape index (κ3) is 6.93. The van der Waals surface area contributed by atoms with Gasteiger partial charge in [-0.3, -0.25) is 0 Å². The van der Waals surface area contributed by atoms with Gasteiger partial charge in [0.05, 0.1) is 11.5 Å². The second-order valence-corrected chi connectivity index (χ2v) is 7.56. The van der Waals surface area contributed by atoms with Crippen LogP contribution in [0.15, 0.2) is 24.3 Å². The fourth-order valence-corrected chi connectivity index (χ4v) is 3.80. The van der Waals surface area contributed by atoms with Crippen molar-refractivity contribution in [3.05, 3.63) is 29.8 Å². The molecule has 1 rings (SSSR count). The highest BCUT2D eigenvalue weighted by molar-refractivity contribution is 7.91. The van der Waals surface area contributed by atoms with E-state index in [0.717, 1.165) is 12.0 Å². The average molecular weight is 315 g/mol. The summed E-state index contributed by atoms with van der Waals surface area (Å²) in [7, 11) is -3.25. The number of aliphatic hydroxyl groups excluding tert-OH is 1. The zero-order valence-corrected chi connectivity index (χ0v) is 13.5. The van der Waals surface area contributed by atoms with Gasteiger partial charge in [-0.25, -0.2) is 8.42 Å². The quantitative estimate of drug-likeness (QED) is 0.718. The molecule has 0 aliphatic heterocycles. The Bertz CT molecular complexity index is 513. The lowest BCUT2D eigenvalue weighted by molar-refractivity contribution is 0.125. The van der Waals surface area contributed by atoms with Crippen molar-refractivity contribution in [2.75, 3.05) is 18.1 Å². The molecule has 0 amide bonds. The molecule has 3 N–H and O–H groups in total. The molecule has 5 nitrogen and oxygen atoms in total. The highest BCUT2D eigenvalue weighted by atomic mass is 32.2. The largest absolute Gasteiger partial charge is 0.491 e. The predicted octanol–water partition coefficient (Wildman–Crippen LogP) is 1.35. The minimum absolute atomic E-state index is 0.0400. The topological polar surface area (TPSA) is 89.6 Å². The van der Waals surface area contributed by atoms with E-state index >= 15 is 0 Å². The zero-order chi connectivity index (χ0) is 15.9. The predicted molar refractivity (Wildman–Crippen MR) is 83.9 cm³/mol. The summed E-state index contributed by atoms with van der Waals surface area (Å²) in [6.07, 6.45) is -0.215. The maximum absolute atomic E-state index is 11.9. The van der Waals surface area contributed by atoms with Crippen LogP contribution in [0.25, 0.3) is 0 Å². The van der Waals surface area contributed by atoms with E-state index in [1.165, 1.54) is 0 Å².